The standard InChI is InChI=1S/C16H30N2O3/c1-5-13(4)15-16(20)18(9-7-14(19)17-15)8-6-10-21-11-12(2)3/h12-13,15H,5-11H2,1-4H3,(H,17,19). The van der Waals surface area contributed by atoms with Crippen LogP contribution in [0.1, 0.15) is 47.0 Å². The van der Waals surface area contributed by atoms with Crippen molar-refractivity contribution in [3.8, 4) is 0 Å². The Morgan fingerprint density at radius 1 is 1.33 bits per heavy atom. The van der Waals surface area contributed by atoms with Crippen molar-refractivity contribution in [3.63, 3.8) is 0 Å². The van der Waals surface area contributed by atoms with E-state index in [1.807, 2.05) is 18.7 Å². The Kier molecular flexibility index (Phi) is 7.72. The van der Waals surface area contributed by atoms with Crippen LogP contribution in [0.15, 0.2) is 0 Å². The second-order valence-corrected chi connectivity index (χ2v) is 6.33. The first kappa shape index (κ1) is 18.0. The third kappa shape index (κ3) is 6.04. The number of rotatable bonds is 8. The Balaban J connectivity index is 2.48. The largest absolute Gasteiger partial charge is 0.381 e. The van der Waals surface area contributed by atoms with Crippen LogP contribution < -0.4 is 5.32 Å². The summed E-state index contributed by atoms with van der Waals surface area (Å²) in [6.45, 7) is 10.9. The van der Waals surface area contributed by atoms with Crippen molar-refractivity contribution in [2.45, 2.75) is 53.0 Å². The summed E-state index contributed by atoms with van der Waals surface area (Å²) in [7, 11) is 0. The molecule has 1 aliphatic rings. The Morgan fingerprint density at radius 2 is 2.05 bits per heavy atom. The van der Waals surface area contributed by atoms with Gasteiger partial charge in [-0.25, -0.2) is 0 Å². The third-order valence-electron chi connectivity index (χ3n) is 3.88. The van der Waals surface area contributed by atoms with Gasteiger partial charge in [0.2, 0.25) is 11.8 Å². The van der Waals surface area contributed by atoms with Crippen molar-refractivity contribution >= 4 is 11.8 Å². The first-order valence-electron chi connectivity index (χ1n) is 8.11. The number of carbonyl (C=O) groups excluding carboxylic acids is 2. The maximum atomic E-state index is 12.5. The van der Waals surface area contributed by atoms with E-state index < -0.39 is 0 Å². The summed E-state index contributed by atoms with van der Waals surface area (Å²) in [6.07, 6.45) is 2.09. The van der Waals surface area contributed by atoms with E-state index in [9.17, 15) is 9.59 Å². The van der Waals surface area contributed by atoms with Crippen LogP contribution in [0.4, 0.5) is 0 Å². The summed E-state index contributed by atoms with van der Waals surface area (Å²) < 4.78 is 5.55. The number of carbonyl (C=O) groups is 2. The maximum absolute atomic E-state index is 12.5. The molecule has 0 aromatic carbocycles. The van der Waals surface area contributed by atoms with Gasteiger partial charge in [0, 0.05) is 32.7 Å². The molecular formula is C16H30N2O3. The molecular weight excluding hydrogens is 268 g/mol. The smallest absolute Gasteiger partial charge is 0.245 e. The van der Waals surface area contributed by atoms with E-state index in [2.05, 4.69) is 19.2 Å². The molecule has 0 saturated carbocycles. The SMILES string of the molecule is CCC(C)C1NC(=O)CCN(CCCOCC(C)C)C1=O. The number of hydrogen-bond acceptors (Lipinski definition) is 3. The first-order valence-corrected chi connectivity index (χ1v) is 8.11. The lowest BCUT2D eigenvalue weighted by Crippen LogP contribution is -2.48. The van der Waals surface area contributed by atoms with E-state index in [0.717, 1.165) is 19.4 Å². The van der Waals surface area contributed by atoms with Crippen LogP contribution >= 0.6 is 0 Å². The van der Waals surface area contributed by atoms with Gasteiger partial charge in [0.25, 0.3) is 0 Å². The van der Waals surface area contributed by atoms with E-state index >= 15 is 0 Å². The second kappa shape index (κ2) is 9.03. The molecule has 1 rings (SSSR count). The van der Waals surface area contributed by atoms with E-state index in [-0.39, 0.29) is 23.8 Å². The van der Waals surface area contributed by atoms with Gasteiger partial charge < -0.3 is 15.0 Å². The molecule has 5 nitrogen and oxygen atoms in total. The highest BCUT2D eigenvalue weighted by Gasteiger charge is 2.32. The van der Waals surface area contributed by atoms with Crippen LogP contribution in [0.5, 0.6) is 0 Å². The monoisotopic (exact) mass is 298 g/mol. The topological polar surface area (TPSA) is 58.6 Å². The molecule has 122 valence electrons. The van der Waals surface area contributed by atoms with Gasteiger partial charge in [0.05, 0.1) is 0 Å². The normalized spacial score (nSPS) is 21.4. The summed E-state index contributed by atoms with van der Waals surface area (Å²) in [5.41, 5.74) is 0. The third-order valence-corrected chi connectivity index (χ3v) is 3.88. The Hall–Kier alpha value is -1.10. The van der Waals surface area contributed by atoms with Crippen LogP contribution in [0.3, 0.4) is 0 Å². The lowest BCUT2D eigenvalue weighted by molar-refractivity contribution is -0.135. The average molecular weight is 298 g/mol. The fraction of sp³-hybridized carbons (Fsp3) is 0.875. The quantitative estimate of drug-likeness (QED) is 0.695. The van der Waals surface area contributed by atoms with Crippen molar-refractivity contribution in [1.29, 1.82) is 0 Å². The van der Waals surface area contributed by atoms with Gasteiger partial charge in [-0.2, -0.15) is 0 Å². The predicted octanol–water partition coefficient (Wildman–Crippen LogP) is 1.81. The number of ether oxygens (including phenoxy) is 1. The molecule has 0 aromatic heterocycles. The van der Waals surface area contributed by atoms with Crippen molar-refractivity contribution < 1.29 is 14.3 Å². The van der Waals surface area contributed by atoms with Gasteiger partial charge in [-0.15, -0.1) is 0 Å². The summed E-state index contributed by atoms with van der Waals surface area (Å²) in [4.78, 5) is 26.1. The molecule has 2 atom stereocenters. The molecule has 1 saturated heterocycles. The minimum absolute atomic E-state index is 0.0211. The van der Waals surface area contributed by atoms with Crippen molar-refractivity contribution in [2.24, 2.45) is 11.8 Å². The van der Waals surface area contributed by atoms with Crippen LogP contribution in [0.2, 0.25) is 0 Å². The lowest BCUT2D eigenvalue weighted by atomic mass is 9.98. The van der Waals surface area contributed by atoms with Gasteiger partial charge in [-0.3, -0.25) is 9.59 Å². The molecule has 2 amide bonds. The lowest BCUT2D eigenvalue weighted by Gasteiger charge is -2.27. The van der Waals surface area contributed by atoms with Crippen LogP contribution in [-0.4, -0.2) is 49.1 Å². The van der Waals surface area contributed by atoms with E-state index in [1.165, 1.54) is 0 Å². The minimum atomic E-state index is -0.374. The van der Waals surface area contributed by atoms with E-state index in [1.54, 1.807) is 0 Å². The number of amides is 2. The van der Waals surface area contributed by atoms with Gasteiger partial charge in [-0.1, -0.05) is 34.1 Å². The van der Waals surface area contributed by atoms with Crippen LogP contribution in [0.25, 0.3) is 0 Å². The molecule has 1 fully saturated rings. The molecule has 0 spiro atoms. The molecule has 0 bridgehead atoms. The number of hydrogen-bond donors (Lipinski definition) is 1. The van der Waals surface area contributed by atoms with Crippen molar-refractivity contribution in [1.82, 2.24) is 10.2 Å². The number of nitrogens with one attached hydrogen (secondary N) is 1. The van der Waals surface area contributed by atoms with Crippen LogP contribution in [0, 0.1) is 11.8 Å². The van der Waals surface area contributed by atoms with Crippen LogP contribution in [-0.2, 0) is 14.3 Å². The Labute approximate surface area is 128 Å². The van der Waals surface area contributed by atoms with Gasteiger partial charge in [0.1, 0.15) is 6.04 Å². The second-order valence-electron chi connectivity index (χ2n) is 6.33. The fourth-order valence-corrected chi connectivity index (χ4v) is 2.37. The molecule has 1 aliphatic heterocycles. The van der Waals surface area contributed by atoms with Gasteiger partial charge >= 0.3 is 0 Å². The van der Waals surface area contributed by atoms with Crippen molar-refractivity contribution in [3.05, 3.63) is 0 Å². The zero-order chi connectivity index (χ0) is 15.8. The summed E-state index contributed by atoms with van der Waals surface area (Å²) in [5, 5.41) is 2.86. The predicted molar refractivity (Wildman–Crippen MR) is 82.9 cm³/mol. The minimum Gasteiger partial charge on any atom is -0.381 e. The average Bonchev–Trinajstić information content (AvgIpc) is 2.58. The zero-order valence-corrected chi connectivity index (χ0v) is 13.9. The molecule has 1 heterocycles. The highest BCUT2D eigenvalue weighted by atomic mass is 16.5. The number of nitrogens with zero attached hydrogens (tertiary/aromatic N) is 1. The molecule has 0 radical (unpaired) electrons. The molecule has 21 heavy (non-hydrogen) atoms. The molecule has 0 aliphatic carbocycles. The molecule has 5 heteroatoms. The summed E-state index contributed by atoms with van der Waals surface area (Å²) >= 11 is 0. The molecule has 0 aromatic rings. The Morgan fingerprint density at radius 3 is 2.67 bits per heavy atom. The molecule has 1 N–H and O–H groups in total. The summed E-state index contributed by atoms with van der Waals surface area (Å²) in [6, 6.07) is -0.374. The van der Waals surface area contributed by atoms with E-state index in [0.29, 0.717) is 32.0 Å². The fourth-order valence-electron chi connectivity index (χ4n) is 2.37. The highest BCUT2D eigenvalue weighted by molar-refractivity contribution is 5.90. The van der Waals surface area contributed by atoms with Crippen molar-refractivity contribution in [2.75, 3.05) is 26.3 Å². The first-order chi connectivity index (χ1) is 9.95. The highest BCUT2D eigenvalue weighted by Crippen LogP contribution is 2.14. The van der Waals surface area contributed by atoms with E-state index in [4.69, 9.17) is 4.74 Å². The zero-order valence-electron chi connectivity index (χ0n) is 13.9. The van der Waals surface area contributed by atoms with Gasteiger partial charge in [-0.05, 0) is 18.3 Å². The maximum Gasteiger partial charge on any atom is 0.245 e. The Bertz CT molecular complexity index is 344. The molecule has 2 unspecified atom stereocenters. The van der Waals surface area contributed by atoms with Gasteiger partial charge in [0.15, 0.2) is 0 Å². The summed E-state index contributed by atoms with van der Waals surface area (Å²) in [5.74, 6) is 0.729.